The Kier molecular flexibility index (Phi) is 4.66. The minimum Gasteiger partial charge on any atom is -0.349 e. The number of carbonyl (C=O) groups is 1. The lowest BCUT2D eigenvalue weighted by atomic mass is 9.90. The summed E-state index contributed by atoms with van der Waals surface area (Å²) < 4.78 is 0. The number of rotatable bonds is 6. The largest absolute Gasteiger partial charge is 0.349 e. The molecule has 1 heterocycles. The van der Waals surface area contributed by atoms with Crippen molar-refractivity contribution < 1.29 is 4.79 Å². The predicted octanol–water partition coefficient (Wildman–Crippen LogP) is 5.56. The highest BCUT2D eigenvalue weighted by atomic mass is 35.5. The number of carbonyl (C=O) groups excluding carboxylic acids is 1. The lowest BCUT2D eigenvalue weighted by Crippen LogP contribution is -2.37. The van der Waals surface area contributed by atoms with Crippen LogP contribution in [0.15, 0.2) is 42.7 Å². The molecule has 0 aliphatic heterocycles. The third-order valence-electron chi connectivity index (χ3n) is 7.14. The van der Waals surface area contributed by atoms with Crippen molar-refractivity contribution in [1.82, 2.24) is 10.3 Å². The molecule has 2 aromatic rings. The van der Waals surface area contributed by atoms with Crippen molar-refractivity contribution in [3.05, 3.63) is 64.4 Å². The Labute approximate surface area is 171 Å². The van der Waals surface area contributed by atoms with Gasteiger partial charge in [-0.2, -0.15) is 0 Å². The number of pyridine rings is 1. The molecule has 28 heavy (non-hydrogen) atoms. The predicted molar refractivity (Wildman–Crippen MR) is 112 cm³/mol. The number of amides is 1. The minimum absolute atomic E-state index is 0.0198. The molecule has 0 spiro atoms. The van der Waals surface area contributed by atoms with E-state index in [1.807, 2.05) is 0 Å². The maximum atomic E-state index is 12.6. The van der Waals surface area contributed by atoms with E-state index >= 15 is 0 Å². The first-order valence-electron chi connectivity index (χ1n) is 10.6. The van der Waals surface area contributed by atoms with Crippen molar-refractivity contribution in [2.24, 2.45) is 17.8 Å². The Bertz CT molecular complexity index is 864. The first kappa shape index (κ1) is 18.2. The van der Waals surface area contributed by atoms with Gasteiger partial charge in [0.1, 0.15) is 0 Å². The first-order chi connectivity index (χ1) is 13.6. The molecule has 0 radical (unpaired) electrons. The zero-order valence-corrected chi connectivity index (χ0v) is 17.0. The summed E-state index contributed by atoms with van der Waals surface area (Å²) in [5.41, 5.74) is 3.57. The Morgan fingerprint density at radius 3 is 2.36 bits per heavy atom. The third-order valence-corrected chi connectivity index (χ3v) is 7.39. The molecule has 3 saturated carbocycles. The highest BCUT2D eigenvalue weighted by molar-refractivity contribution is 6.30. The summed E-state index contributed by atoms with van der Waals surface area (Å²) in [7, 11) is 0. The van der Waals surface area contributed by atoms with Crippen LogP contribution in [-0.4, -0.2) is 16.9 Å². The van der Waals surface area contributed by atoms with Gasteiger partial charge >= 0.3 is 0 Å². The van der Waals surface area contributed by atoms with Gasteiger partial charge in [0, 0.05) is 29.0 Å². The number of nitrogens with zero attached hydrogens (tertiary/aromatic N) is 1. The third kappa shape index (κ3) is 3.45. The summed E-state index contributed by atoms with van der Waals surface area (Å²) in [4.78, 5) is 17.1. The second-order valence-electron chi connectivity index (χ2n) is 8.89. The van der Waals surface area contributed by atoms with Gasteiger partial charge in [-0.25, -0.2) is 0 Å². The molecule has 1 N–H and O–H groups in total. The first-order valence-corrected chi connectivity index (χ1v) is 11.0. The average Bonchev–Trinajstić information content (AvgIpc) is 3.64. The fraction of sp³-hybridized carbons (Fsp3) is 0.500. The van der Waals surface area contributed by atoms with Crippen LogP contribution in [-0.2, 0) is 0 Å². The molecule has 3 aliphatic rings. The SMILES string of the molecule is CC[C@@H](NC(=O)c1ccc(Cl)cc1)C1[C@H]2CC(c3cncc(C4CC4)c3)C[C@@H]12. The maximum absolute atomic E-state index is 12.6. The van der Waals surface area contributed by atoms with E-state index < -0.39 is 0 Å². The van der Waals surface area contributed by atoms with E-state index in [-0.39, 0.29) is 11.9 Å². The molecule has 5 rings (SSSR count). The van der Waals surface area contributed by atoms with Gasteiger partial charge in [-0.05, 0) is 97.1 Å². The van der Waals surface area contributed by atoms with Crippen LogP contribution in [0.25, 0.3) is 0 Å². The van der Waals surface area contributed by atoms with Crippen LogP contribution in [0.3, 0.4) is 0 Å². The molecule has 1 aromatic heterocycles. The summed E-state index contributed by atoms with van der Waals surface area (Å²) >= 11 is 5.93. The fourth-order valence-corrected chi connectivity index (χ4v) is 5.55. The van der Waals surface area contributed by atoms with Crippen molar-refractivity contribution in [2.75, 3.05) is 0 Å². The summed E-state index contributed by atoms with van der Waals surface area (Å²) in [6, 6.07) is 9.83. The summed E-state index contributed by atoms with van der Waals surface area (Å²) in [5.74, 6) is 3.59. The number of halogens is 1. The molecule has 3 fully saturated rings. The molecule has 1 amide bonds. The van der Waals surface area contributed by atoms with E-state index in [2.05, 4.69) is 35.7 Å². The Balaban J connectivity index is 1.20. The molecule has 3 aliphatic carbocycles. The van der Waals surface area contributed by atoms with Crippen molar-refractivity contribution >= 4 is 17.5 Å². The van der Waals surface area contributed by atoms with Crippen molar-refractivity contribution in [2.45, 2.75) is 56.9 Å². The second kappa shape index (κ2) is 7.18. The summed E-state index contributed by atoms with van der Waals surface area (Å²) in [5, 5.41) is 3.94. The monoisotopic (exact) mass is 394 g/mol. The molecular formula is C24H27ClN2O. The number of hydrogen-bond donors (Lipinski definition) is 1. The summed E-state index contributed by atoms with van der Waals surface area (Å²) in [6.45, 7) is 2.18. The number of nitrogens with one attached hydrogen (secondary N) is 1. The second-order valence-corrected chi connectivity index (χ2v) is 9.33. The number of hydrogen-bond acceptors (Lipinski definition) is 2. The zero-order chi connectivity index (χ0) is 19.3. The van der Waals surface area contributed by atoms with Gasteiger partial charge in [-0.1, -0.05) is 24.6 Å². The molecular weight excluding hydrogens is 368 g/mol. The van der Waals surface area contributed by atoms with Gasteiger partial charge in [0.2, 0.25) is 0 Å². The van der Waals surface area contributed by atoms with E-state index in [1.54, 1.807) is 24.3 Å². The number of aromatic nitrogens is 1. The van der Waals surface area contributed by atoms with E-state index in [0.29, 0.717) is 22.4 Å². The molecule has 3 nitrogen and oxygen atoms in total. The van der Waals surface area contributed by atoms with Crippen molar-refractivity contribution in [3.63, 3.8) is 0 Å². The van der Waals surface area contributed by atoms with E-state index in [9.17, 15) is 4.79 Å². The Morgan fingerprint density at radius 1 is 1.11 bits per heavy atom. The smallest absolute Gasteiger partial charge is 0.251 e. The van der Waals surface area contributed by atoms with Gasteiger partial charge in [0.05, 0.1) is 0 Å². The van der Waals surface area contributed by atoms with Crippen LogP contribution in [0, 0.1) is 17.8 Å². The van der Waals surface area contributed by atoms with Crippen molar-refractivity contribution in [3.8, 4) is 0 Å². The van der Waals surface area contributed by atoms with Crippen LogP contribution in [0.4, 0.5) is 0 Å². The molecule has 0 saturated heterocycles. The van der Waals surface area contributed by atoms with Crippen LogP contribution in [0.5, 0.6) is 0 Å². The van der Waals surface area contributed by atoms with Gasteiger partial charge in [0.25, 0.3) is 5.91 Å². The van der Waals surface area contributed by atoms with E-state index in [4.69, 9.17) is 11.6 Å². The van der Waals surface area contributed by atoms with E-state index in [0.717, 1.165) is 24.2 Å². The van der Waals surface area contributed by atoms with Gasteiger partial charge in [-0.15, -0.1) is 0 Å². The molecule has 146 valence electrons. The van der Waals surface area contributed by atoms with Crippen molar-refractivity contribution in [1.29, 1.82) is 0 Å². The van der Waals surface area contributed by atoms with Crippen LogP contribution < -0.4 is 5.32 Å². The molecule has 1 aromatic carbocycles. The number of benzene rings is 1. The minimum atomic E-state index is 0.0198. The molecule has 2 unspecified atom stereocenters. The number of fused-ring (bicyclic) bond motifs is 1. The van der Waals surface area contributed by atoms with E-state index in [1.165, 1.54) is 36.8 Å². The van der Waals surface area contributed by atoms with Crippen LogP contribution in [0.2, 0.25) is 5.02 Å². The quantitative estimate of drug-likeness (QED) is 0.696. The van der Waals surface area contributed by atoms with Crippen LogP contribution in [0.1, 0.15) is 72.3 Å². The molecule has 4 heteroatoms. The van der Waals surface area contributed by atoms with Gasteiger partial charge in [-0.3, -0.25) is 9.78 Å². The maximum Gasteiger partial charge on any atom is 0.251 e. The lowest BCUT2D eigenvalue weighted by Gasteiger charge is -2.22. The Hall–Kier alpha value is -1.87. The van der Waals surface area contributed by atoms with Gasteiger partial charge in [0.15, 0.2) is 0 Å². The highest BCUT2D eigenvalue weighted by Crippen LogP contribution is 2.63. The average molecular weight is 395 g/mol. The summed E-state index contributed by atoms with van der Waals surface area (Å²) in [6.07, 6.45) is 10.3. The molecule has 0 bridgehead atoms. The van der Waals surface area contributed by atoms with Gasteiger partial charge < -0.3 is 5.32 Å². The Morgan fingerprint density at radius 2 is 1.75 bits per heavy atom. The zero-order valence-electron chi connectivity index (χ0n) is 16.3. The standard InChI is InChI=1S/C24H27ClN2O/c1-2-22(27-24(28)15-5-7-19(25)8-6-15)23-20-10-16(11-21(20)23)18-9-17(12-26-13-18)14-3-4-14/h5-9,12-14,16,20-23H,2-4,10-11H2,1H3,(H,27,28)/t16?,20-,21+,22-,23?/m1/s1. The normalized spacial score (nSPS) is 29.2. The molecule has 5 atom stereocenters. The lowest BCUT2D eigenvalue weighted by molar-refractivity contribution is 0.0927. The highest BCUT2D eigenvalue weighted by Gasteiger charge is 2.58. The topological polar surface area (TPSA) is 42.0 Å². The van der Waals surface area contributed by atoms with Crippen LogP contribution >= 0.6 is 11.6 Å². The fourth-order valence-electron chi connectivity index (χ4n) is 5.42.